The molecule has 0 saturated carbocycles. The van der Waals surface area contributed by atoms with Crippen LogP contribution < -0.4 is 0 Å². The van der Waals surface area contributed by atoms with Crippen molar-refractivity contribution in [1.82, 2.24) is 19.9 Å². The number of aromatic amines is 1. The Hall–Kier alpha value is -1.64. The topological polar surface area (TPSA) is 71.5 Å². The van der Waals surface area contributed by atoms with Crippen molar-refractivity contribution in [1.29, 1.82) is 0 Å². The van der Waals surface area contributed by atoms with E-state index in [0.29, 0.717) is 10.8 Å². The summed E-state index contributed by atoms with van der Waals surface area (Å²) in [5.41, 5.74) is 3.63. The first kappa shape index (κ1) is 14.9. The standard InChI is InChI=1S/C15H11BrN4OS2/c1-23(21)15-20-13-9(16)5-8(6-11(13)22-15)7-12-18-10-3-2-4-17-14(10)19-12/h2-6H,7H2,1H3,(H,17,18,19). The van der Waals surface area contributed by atoms with Crippen LogP contribution in [0.1, 0.15) is 11.4 Å². The zero-order chi connectivity index (χ0) is 16.0. The summed E-state index contributed by atoms with van der Waals surface area (Å²) in [6, 6.07) is 7.96. The Kier molecular flexibility index (Phi) is 3.74. The third kappa shape index (κ3) is 2.82. The number of benzene rings is 1. The summed E-state index contributed by atoms with van der Waals surface area (Å²) >= 11 is 5.03. The number of aromatic nitrogens is 4. The van der Waals surface area contributed by atoms with E-state index in [1.54, 1.807) is 12.5 Å². The SMILES string of the molecule is CS(=O)c1nc2c(Br)cc(Cc3nc4ncccc4[nH]3)cc2s1. The molecule has 8 heteroatoms. The lowest BCUT2D eigenvalue weighted by atomic mass is 10.1. The summed E-state index contributed by atoms with van der Waals surface area (Å²) in [7, 11) is -1.07. The highest BCUT2D eigenvalue weighted by atomic mass is 79.9. The minimum atomic E-state index is -1.07. The Balaban J connectivity index is 1.74. The Morgan fingerprint density at radius 3 is 3.00 bits per heavy atom. The molecule has 0 bridgehead atoms. The zero-order valence-electron chi connectivity index (χ0n) is 12.0. The molecule has 0 aliphatic rings. The normalized spacial score (nSPS) is 13.0. The molecule has 0 radical (unpaired) electrons. The Morgan fingerprint density at radius 2 is 2.22 bits per heavy atom. The van der Waals surface area contributed by atoms with Gasteiger partial charge < -0.3 is 4.98 Å². The van der Waals surface area contributed by atoms with Crippen molar-refractivity contribution in [2.75, 3.05) is 6.26 Å². The second-order valence-electron chi connectivity index (χ2n) is 5.09. The van der Waals surface area contributed by atoms with Crippen LogP contribution in [0.25, 0.3) is 21.4 Å². The fourth-order valence-electron chi connectivity index (χ4n) is 2.42. The van der Waals surface area contributed by atoms with Gasteiger partial charge in [0.2, 0.25) is 0 Å². The van der Waals surface area contributed by atoms with Gasteiger partial charge in [0.25, 0.3) is 0 Å². The van der Waals surface area contributed by atoms with Gasteiger partial charge in [-0.25, -0.2) is 15.0 Å². The molecule has 3 heterocycles. The molecule has 0 fully saturated rings. The number of imidazole rings is 1. The van der Waals surface area contributed by atoms with Gasteiger partial charge >= 0.3 is 0 Å². The summed E-state index contributed by atoms with van der Waals surface area (Å²) in [6.45, 7) is 0. The van der Waals surface area contributed by atoms with Gasteiger partial charge in [0, 0.05) is 23.3 Å². The lowest BCUT2D eigenvalue weighted by molar-refractivity contribution is 0.686. The molecule has 23 heavy (non-hydrogen) atoms. The number of hydrogen-bond acceptors (Lipinski definition) is 5. The van der Waals surface area contributed by atoms with Gasteiger partial charge in [0.15, 0.2) is 9.99 Å². The van der Waals surface area contributed by atoms with Crippen molar-refractivity contribution in [2.24, 2.45) is 0 Å². The Bertz CT molecular complexity index is 1020. The molecule has 5 nitrogen and oxygen atoms in total. The maximum absolute atomic E-state index is 11.6. The van der Waals surface area contributed by atoms with Gasteiger partial charge in [-0.05, 0) is 45.8 Å². The molecule has 4 rings (SSSR count). The average Bonchev–Trinajstić information content (AvgIpc) is 3.10. The van der Waals surface area contributed by atoms with E-state index >= 15 is 0 Å². The lowest BCUT2D eigenvalue weighted by Gasteiger charge is -2.00. The number of hydrogen-bond donors (Lipinski definition) is 1. The van der Waals surface area contributed by atoms with Crippen LogP contribution in [0.3, 0.4) is 0 Å². The van der Waals surface area contributed by atoms with Gasteiger partial charge in [-0.3, -0.25) is 4.21 Å². The largest absolute Gasteiger partial charge is 0.340 e. The first-order valence-corrected chi connectivity index (χ1v) is 9.99. The quantitative estimate of drug-likeness (QED) is 0.563. The summed E-state index contributed by atoms with van der Waals surface area (Å²) in [4.78, 5) is 16.5. The van der Waals surface area contributed by atoms with Crippen molar-refractivity contribution >= 4 is 59.4 Å². The van der Waals surface area contributed by atoms with Crippen LogP contribution in [0.2, 0.25) is 0 Å². The Labute approximate surface area is 146 Å². The monoisotopic (exact) mass is 406 g/mol. The van der Waals surface area contributed by atoms with Crippen LogP contribution >= 0.6 is 27.3 Å². The van der Waals surface area contributed by atoms with Gasteiger partial charge in [0.1, 0.15) is 5.82 Å². The van der Waals surface area contributed by atoms with Crippen molar-refractivity contribution in [2.45, 2.75) is 10.8 Å². The number of thiazole rings is 1. The van der Waals surface area contributed by atoms with Crippen LogP contribution in [0.4, 0.5) is 0 Å². The van der Waals surface area contributed by atoms with Crippen LogP contribution in [-0.2, 0) is 17.2 Å². The number of fused-ring (bicyclic) bond motifs is 2. The van der Waals surface area contributed by atoms with Crippen LogP contribution in [0.5, 0.6) is 0 Å². The highest BCUT2D eigenvalue weighted by Crippen LogP contribution is 2.31. The molecular formula is C15H11BrN4OS2. The maximum atomic E-state index is 11.6. The van der Waals surface area contributed by atoms with Gasteiger partial charge in [-0.1, -0.05) is 0 Å². The van der Waals surface area contributed by atoms with E-state index in [9.17, 15) is 4.21 Å². The predicted octanol–water partition coefficient (Wildman–Crippen LogP) is 3.66. The smallest absolute Gasteiger partial charge is 0.181 e. The molecule has 0 aliphatic heterocycles. The molecule has 3 aromatic heterocycles. The molecule has 0 spiro atoms. The summed E-state index contributed by atoms with van der Waals surface area (Å²) in [5.74, 6) is 0.869. The van der Waals surface area contributed by atoms with E-state index < -0.39 is 10.8 Å². The van der Waals surface area contributed by atoms with E-state index in [4.69, 9.17) is 0 Å². The molecule has 1 atom stereocenters. The summed E-state index contributed by atoms with van der Waals surface area (Å²) in [5, 5.41) is 0. The van der Waals surface area contributed by atoms with Gasteiger partial charge in [-0.2, -0.15) is 0 Å². The van der Waals surface area contributed by atoms with Crippen molar-refractivity contribution in [3.63, 3.8) is 0 Å². The molecule has 116 valence electrons. The number of pyridine rings is 1. The minimum absolute atomic E-state index is 0.644. The zero-order valence-corrected chi connectivity index (χ0v) is 15.3. The highest BCUT2D eigenvalue weighted by molar-refractivity contribution is 9.10. The first-order chi connectivity index (χ1) is 11.1. The molecule has 0 amide bonds. The van der Waals surface area contributed by atoms with E-state index in [2.05, 4.69) is 41.9 Å². The van der Waals surface area contributed by atoms with E-state index in [-0.39, 0.29) is 0 Å². The first-order valence-electron chi connectivity index (χ1n) is 6.82. The average molecular weight is 407 g/mol. The maximum Gasteiger partial charge on any atom is 0.181 e. The number of halogens is 1. The van der Waals surface area contributed by atoms with E-state index in [1.165, 1.54) is 11.3 Å². The number of H-pyrrole nitrogens is 1. The fraction of sp³-hybridized carbons (Fsp3) is 0.133. The van der Waals surface area contributed by atoms with Crippen LogP contribution in [0.15, 0.2) is 39.3 Å². The molecule has 0 aliphatic carbocycles. The van der Waals surface area contributed by atoms with Crippen LogP contribution in [-0.4, -0.2) is 30.4 Å². The molecule has 0 saturated heterocycles. The number of rotatable bonds is 3. The van der Waals surface area contributed by atoms with E-state index in [0.717, 1.165) is 37.2 Å². The van der Waals surface area contributed by atoms with Crippen molar-refractivity contribution in [3.8, 4) is 0 Å². The van der Waals surface area contributed by atoms with Crippen molar-refractivity contribution in [3.05, 3.63) is 46.3 Å². The van der Waals surface area contributed by atoms with Gasteiger partial charge in [-0.15, -0.1) is 11.3 Å². The number of nitrogens with one attached hydrogen (secondary N) is 1. The van der Waals surface area contributed by atoms with Gasteiger partial charge in [0.05, 0.1) is 26.5 Å². The predicted molar refractivity (Wildman–Crippen MR) is 96.3 cm³/mol. The molecule has 1 aromatic carbocycles. The van der Waals surface area contributed by atoms with Crippen LogP contribution in [0, 0.1) is 0 Å². The Morgan fingerprint density at radius 1 is 1.35 bits per heavy atom. The molecule has 1 unspecified atom stereocenters. The van der Waals surface area contributed by atoms with E-state index in [1.807, 2.05) is 18.2 Å². The highest BCUT2D eigenvalue weighted by Gasteiger charge is 2.12. The summed E-state index contributed by atoms with van der Waals surface area (Å²) < 4.78 is 14.2. The second kappa shape index (κ2) is 5.77. The molecular weight excluding hydrogens is 396 g/mol. The van der Waals surface area contributed by atoms with Crippen molar-refractivity contribution < 1.29 is 4.21 Å². The third-order valence-electron chi connectivity index (χ3n) is 3.41. The number of nitrogens with zero attached hydrogens (tertiary/aromatic N) is 3. The lowest BCUT2D eigenvalue weighted by Crippen LogP contribution is -1.91. The third-order valence-corrected chi connectivity index (χ3v) is 6.35. The minimum Gasteiger partial charge on any atom is -0.340 e. The second-order valence-corrected chi connectivity index (χ2v) is 8.53. The molecule has 1 N–H and O–H groups in total. The molecule has 4 aromatic rings. The fourth-order valence-corrected chi connectivity index (χ4v) is 4.89. The summed E-state index contributed by atoms with van der Waals surface area (Å²) in [6.07, 6.45) is 4.06.